The number of carbonyl (C=O) groups is 5. The summed E-state index contributed by atoms with van der Waals surface area (Å²) in [6, 6.07) is -3.11. The molecule has 0 aromatic rings. The van der Waals surface area contributed by atoms with Crippen LogP contribution in [0, 0.1) is 0 Å². The molecule has 0 spiro atoms. The number of rotatable bonds is 11. The first kappa shape index (κ1) is 31.0. The Hall–Kier alpha value is -3.99. The van der Waals surface area contributed by atoms with E-state index in [9.17, 15) is 24.0 Å². The van der Waals surface area contributed by atoms with Gasteiger partial charge in [0.2, 0.25) is 29.5 Å². The van der Waals surface area contributed by atoms with Crippen molar-refractivity contribution in [3.63, 3.8) is 0 Å². The van der Waals surface area contributed by atoms with Gasteiger partial charge in [0.1, 0.15) is 0 Å². The lowest BCUT2D eigenvalue weighted by Gasteiger charge is -2.47. The van der Waals surface area contributed by atoms with Crippen LogP contribution in [0.25, 0.3) is 0 Å². The van der Waals surface area contributed by atoms with Gasteiger partial charge in [0.25, 0.3) is 0 Å². The van der Waals surface area contributed by atoms with Gasteiger partial charge in [-0.25, -0.2) is 0 Å². The Kier molecular flexibility index (Phi) is 11.2. The lowest BCUT2D eigenvalue weighted by atomic mass is 9.89. The third-order valence-electron chi connectivity index (χ3n) is 5.39. The average Bonchev–Trinajstić information content (AvgIpc) is 2.80. The third kappa shape index (κ3) is 8.87. The number of nitrogens with one attached hydrogen (secondary N) is 5. The molecule has 0 aliphatic carbocycles. The van der Waals surface area contributed by atoms with Crippen molar-refractivity contribution in [1.29, 1.82) is 0 Å². The van der Waals surface area contributed by atoms with Crippen LogP contribution in [0.2, 0.25) is 0 Å². The fourth-order valence-corrected chi connectivity index (χ4v) is 3.25. The second-order valence-electron chi connectivity index (χ2n) is 9.18. The largest absolute Gasteiger partial charge is 0.350 e. The SMILES string of the molecule is C=C(C)C(=O)NCC1OC(NC(=O)C(=C)C)C(NC(=O)C(=C)C)C(NC(=O)C(=C)C)C1NC(=O)C(=C)C. The van der Waals surface area contributed by atoms with Crippen molar-refractivity contribution in [2.75, 3.05) is 6.54 Å². The van der Waals surface area contributed by atoms with Gasteiger partial charge < -0.3 is 31.3 Å². The molecule has 202 valence electrons. The van der Waals surface area contributed by atoms with E-state index in [1.165, 1.54) is 34.6 Å². The summed E-state index contributed by atoms with van der Waals surface area (Å²) in [5.74, 6) is -2.72. The summed E-state index contributed by atoms with van der Waals surface area (Å²) in [6.07, 6.45) is -2.18. The van der Waals surface area contributed by atoms with Gasteiger partial charge in [-0.3, -0.25) is 24.0 Å². The van der Waals surface area contributed by atoms with E-state index in [1.54, 1.807) is 0 Å². The molecule has 5 atom stereocenters. The highest BCUT2D eigenvalue weighted by Gasteiger charge is 2.48. The van der Waals surface area contributed by atoms with Crippen molar-refractivity contribution < 1.29 is 28.7 Å². The van der Waals surface area contributed by atoms with E-state index in [2.05, 4.69) is 59.5 Å². The van der Waals surface area contributed by atoms with Crippen molar-refractivity contribution in [1.82, 2.24) is 26.6 Å². The van der Waals surface area contributed by atoms with Crippen LogP contribution in [0.1, 0.15) is 34.6 Å². The van der Waals surface area contributed by atoms with E-state index in [-0.39, 0.29) is 34.4 Å². The van der Waals surface area contributed by atoms with E-state index in [0.29, 0.717) is 0 Å². The summed E-state index contributed by atoms with van der Waals surface area (Å²) in [4.78, 5) is 62.8. The minimum absolute atomic E-state index is 0.132. The number of amides is 5. The molecular formula is C26H37N5O6. The minimum Gasteiger partial charge on any atom is -0.350 e. The predicted molar refractivity (Wildman–Crippen MR) is 140 cm³/mol. The Morgan fingerprint density at radius 3 is 1.30 bits per heavy atom. The Balaban J connectivity index is 3.65. The fourth-order valence-electron chi connectivity index (χ4n) is 3.25. The highest BCUT2D eigenvalue weighted by atomic mass is 16.5. The smallest absolute Gasteiger partial charge is 0.248 e. The number of carbonyl (C=O) groups excluding carboxylic acids is 5. The van der Waals surface area contributed by atoms with Crippen LogP contribution in [0.15, 0.2) is 60.8 Å². The second-order valence-corrected chi connectivity index (χ2v) is 9.18. The summed E-state index contributed by atoms with van der Waals surface area (Å²) in [5.41, 5.74) is 0.907. The van der Waals surface area contributed by atoms with Gasteiger partial charge in [-0.15, -0.1) is 0 Å². The maximum absolute atomic E-state index is 12.7. The second kappa shape index (κ2) is 13.4. The van der Waals surface area contributed by atoms with Crippen LogP contribution in [0.5, 0.6) is 0 Å². The van der Waals surface area contributed by atoms with Crippen molar-refractivity contribution >= 4 is 29.5 Å². The minimum atomic E-state index is -1.20. The lowest BCUT2D eigenvalue weighted by Crippen LogP contribution is -2.75. The van der Waals surface area contributed by atoms with Crippen LogP contribution in [-0.2, 0) is 28.7 Å². The Morgan fingerprint density at radius 1 is 0.541 bits per heavy atom. The molecule has 1 aliphatic heterocycles. The first-order valence-corrected chi connectivity index (χ1v) is 11.5. The topological polar surface area (TPSA) is 155 Å². The normalized spacial score (nSPS) is 22.5. The highest BCUT2D eigenvalue weighted by Crippen LogP contribution is 2.22. The van der Waals surface area contributed by atoms with Gasteiger partial charge in [-0.1, -0.05) is 32.9 Å². The Morgan fingerprint density at radius 2 is 0.892 bits per heavy atom. The van der Waals surface area contributed by atoms with Crippen molar-refractivity contribution in [3.05, 3.63) is 60.8 Å². The molecule has 5 unspecified atom stereocenters. The first-order chi connectivity index (χ1) is 17.1. The maximum atomic E-state index is 12.7. The molecule has 0 aromatic heterocycles. The molecule has 5 amide bonds. The van der Waals surface area contributed by atoms with Gasteiger partial charge in [0, 0.05) is 34.4 Å². The van der Waals surface area contributed by atoms with E-state index < -0.39 is 60.0 Å². The Labute approximate surface area is 217 Å². The zero-order valence-corrected chi connectivity index (χ0v) is 22.1. The van der Waals surface area contributed by atoms with E-state index in [0.717, 1.165) is 0 Å². The summed E-state index contributed by atoms with van der Waals surface area (Å²) in [6.45, 7) is 25.5. The highest BCUT2D eigenvalue weighted by molar-refractivity contribution is 5.95. The first-order valence-electron chi connectivity index (χ1n) is 11.5. The van der Waals surface area contributed by atoms with Gasteiger partial charge in [-0.2, -0.15) is 0 Å². The molecule has 5 N–H and O–H groups in total. The molecule has 1 fully saturated rings. The molecule has 0 bridgehead atoms. The maximum Gasteiger partial charge on any atom is 0.248 e. The zero-order valence-electron chi connectivity index (χ0n) is 22.1. The van der Waals surface area contributed by atoms with Crippen molar-refractivity contribution in [3.8, 4) is 0 Å². The molecule has 0 aromatic carbocycles. The molecule has 11 nitrogen and oxygen atoms in total. The summed E-state index contributed by atoms with van der Waals surface area (Å²) < 4.78 is 6.12. The van der Waals surface area contributed by atoms with Crippen molar-refractivity contribution in [2.24, 2.45) is 0 Å². The summed E-state index contributed by atoms with van der Waals surface area (Å²) in [7, 11) is 0. The molecule has 37 heavy (non-hydrogen) atoms. The lowest BCUT2D eigenvalue weighted by molar-refractivity contribution is -0.147. The Bertz CT molecular complexity index is 1050. The van der Waals surface area contributed by atoms with Crippen LogP contribution in [0.4, 0.5) is 0 Å². The molecule has 1 heterocycles. The molecule has 1 rings (SSSR count). The molecule has 1 aliphatic rings. The van der Waals surface area contributed by atoms with E-state index in [1.807, 2.05) is 0 Å². The van der Waals surface area contributed by atoms with Crippen molar-refractivity contribution in [2.45, 2.75) is 65.1 Å². The van der Waals surface area contributed by atoms with Gasteiger partial charge in [0.15, 0.2) is 6.23 Å². The van der Waals surface area contributed by atoms with Crippen LogP contribution < -0.4 is 26.6 Å². The van der Waals surface area contributed by atoms with Gasteiger partial charge >= 0.3 is 0 Å². The van der Waals surface area contributed by atoms with Gasteiger partial charge in [-0.05, 0) is 34.6 Å². The molecule has 0 saturated carbocycles. The quantitative estimate of drug-likeness (QED) is 0.249. The predicted octanol–water partition coefficient (Wildman–Crippen LogP) is 0.279. The van der Waals surface area contributed by atoms with Gasteiger partial charge in [0.05, 0.1) is 24.2 Å². The third-order valence-corrected chi connectivity index (χ3v) is 5.39. The summed E-state index contributed by atoms with van der Waals surface area (Å²) in [5, 5.41) is 13.5. The van der Waals surface area contributed by atoms with E-state index >= 15 is 0 Å². The standard InChI is InChI=1S/C26H37N5O6/c1-12(2)21(32)27-11-17-18(28-22(33)13(3)4)19(29-23(34)14(5)6)20(30-24(35)15(7)8)26(37-17)31-25(36)16(9)10/h17-20,26H,1,3,5,7,9,11H2,2,4,6,8,10H3,(H,27,32)(H,28,33)(H,29,34)(H,30,35)(H,31,36). The number of hydrogen-bond acceptors (Lipinski definition) is 6. The number of ether oxygens (including phenoxy) is 1. The average molecular weight is 516 g/mol. The van der Waals surface area contributed by atoms with E-state index in [4.69, 9.17) is 4.74 Å². The van der Waals surface area contributed by atoms with Crippen LogP contribution >= 0.6 is 0 Å². The molecule has 0 radical (unpaired) electrons. The molecule has 1 saturated heterocycles. The number of hydrogen-bond donors (Lipinski definition) is 5. The summed E-state index contributed by atoms with van der Waals surface area (Å²) >= 11 is 0. The molecular weight excluding hydrogens is 478 g/mol. The van der Waals surface area contributed by atoms with Crippen LogP contribution in [0.3, 0.4) is 0 Å². The zero-order chi connectivity index (χ0) is 28.6. The fraction of sp³-hybridized carbons (Fsp3) is 0.423. The molecule has 11 heteroatoms. The monoisotopic (exact) mass is 515 g/mol. The van der Waals surface area contributed by atoms with Crippen LogP contribution in [-0.4, -0.2) is 66.5 Å².